The van der Waals surface area contributed by atoms with Gasteiger partial charge in [-0.05, 0) is 43.7 Å². The Kier molecular flexibility index (Phi) is 6.32. The van der Waals surface area contributed by atoms with E-state index >= 15 is 0 Å². The minimum Gasteiger partial charge on any atom is -0.383 e. The van der Waals surface area contributed by atoms with E-state index < -0.39 is 10.0 Å². The van der Waals surface area contributed by atoms with Crippen molar-refractivity contribution in [3.05, 3.63) is 64.7 Å². The number of ether oxygens (including phenoxy) is 1. The smallest absolute Gasteiger partial charge is 0.243 e. The third kappa shape index (κ3) is 4.89. The Morgan fingerprint density at radius 1 is 1.08 bits per heavy atom. The molecule has 6 heteroatoms. The second kappa shape index (κ2) is 8.26. The molecule has 0 saturated heterocycles. The Morgan fingerprint density at radius 2 is 1.68 bits per heavy atom. The van der Waals surface area contributed by atoms with Gasteiger partial charge in [-0.15, -0.1) is 0 Å². The lowest BCUT2D eigenvalue weighted by Crippen LogP contribution is -2.33. The first-order chi connectivity index (χ1) is 11.9. The van der Waals surface area contributed by atoms with Gasteiger partial charge < -0.3 is 4.74 Å². The lowest BCUT2D eigenvalue weighted by molar-refractivity contribution is 0.177. The van der Waals surface area contributed by atoms with Gasteiger partial charge in [-0.1, -0.05) is 29.3 Å². The Labute approximate surface area is 149 Å². The summed E-state index contributed by atoms with van der Waals surface area (Å²) in [5, 5.41) is 8.88. The third-order valence-electron chi connectivity index (χ3n) is 3.81. The minimum absolute atomic E-state index is 0.173. The molecule has 0 aliphatic heterocycles. The molecule has 0 saturated carbocycles. The van der Waals surface area contributed by atoms with E-state index in [0.717, 1.165) is 16.7 Å². The van der Waals surface area contributed by atoms with Gasteiger partial charge in [0.05, 0.1) is 23.1 Å². The highest BCUT2D eigenvalue weighted by Gasteiger charge is 2.24. The molecule has 0 aliphatic carbocycles. The molecule has 0 heterocycles. The van der Waals surface area contributed by atoms with Crippen LogP contribution in [-0.2, 0) is 21.3 Å². The quantitative estimate of drug-likeness (QED) is 0.763. The average Bonchev–Trinajstić information content (AvgIpc) is 2.57. The highest BCUT2D eigenvalue weighted by Crippen LogP contribution is 2.20. The molecule has 0 N–H and O–H groups in total. The number of hydrogen-bond acceptors (Lipinski definition) is 4. The van der Waals surface area contributed by atoms with Crippen LogP contribution in [-0.4, -0.2) is 33.0 Å². The molecule has 0 unspecified atom stereocenters. The second-order valence-corrected chi connectivity index (χ2v) is 7.90. The summed E-state index contributed by atoms with van der Waals surface area (Å²) in [4.78, 5) is 0.173. The van der Waals surface area contributed by atoms with Gasteiger partial charge >= 0.3 is 0 Å². The van der Waals surface area contributed by atoms with Crippen LogP contribution in [0, 0.1) is 25.2 Å². The summed E-state index contributed by atoms with van der Waals surface area (Å²) in [6.45, 7) is 4.82. The van der Waals surface area contributed by atoms with Gasteiger partial charge in [-0.25, -0.2) is 8.42 Å². The van der Waals surface area contributed by atoms with E-state index in [0.29, 0.717) is 12.2 Å². The lowest BCUT2D eigenvalue weighted by Gasteiger charge is -2.22. The molecule has 2 rings (SSSR count). The molecule has 0 aromatic heterocycles. The van der Waals surface area contributed by atoms with Crippen molar-refractivity contribution in [2.24, 2.45) is 0 Å². The average molecular weight is 358 g/mol. The van der Waals surface area contributed by atoms with Crippen LogP contribution < -0.4 is 0 Å². The number of nitrogens with zero attached hydrogens (tertiary/aromatic N) is 2. The molecular formula is C19H22N2O3S. The fourth-order valence-corrected chi connectivity index (χ4v) is 4.10. The number of aryl methyl sites for hydroxylation is 2. The molecule has 0 spiro atoms. The summed E-state index contributed by atoms with van der Waals surface area (Å²) in [6, 6.07) is 14.0. The SMILES string of the molecule is COCCN(Cc1cc(C)cc(C)c1)S(=O)(=O)c1ccc(C#N)cc1. The van der Waals surface area contributed by atoms with E-state index in [2.05, 4.69) is 6.07 Å². The molecule has 0 amide bonds. The van der Waals surface area contributed by atoms with Crippen molar-refractivity contribution in [1.29, 1.82) is 5.26 Å². The molecular weight excluding hydrogens is 336 g/mol. The van der Waals surface area contributed by atoms with Crippen molar-refractivity contribution >= 4 is 10.0 Å². The van der Waals surface area contributed by atoms with Gasteiger partial charge in [-0.3, -0.25) is 0 Å². The van der Waals surface area contributed by atoms with Crippen molar-refractivity contribution in [2.45, 2.75) is 25.3 Å². The third-order valence-corrected chi connectivity index (χ3v) is 5.67. The Hall–Kier alpha value is -2.20. The van der Waals surface area contributed by atoms with Crippen LogP contribution in [0.5, 0.6) is 0 Å². The van der Waals surface area contributed by atoms with Gasteiger partial charge in [0.2, 0.25) is 10.0 Å². The zero-order valence-electron chi connectivity index (χ0n) is 14.7. The first-order valence-corrected chi connectivity index (χ1v) is 9.37. The molecule has 25 heavy (non-hydrogen) atoms. The van der Waals surface area contributed by atoms with Crippen molar-refractivity contribution in [3.8, 4) is 6.07 Å². The van der Waals surface area contributed by atoms with E-state index in [-0.39, 0.29) is 18.0 Å². The molecule has 2 aromatic rings. The normalized spacial score (nSPS) is 11.5. The molecule has 0 fully saturated rings. The predicted molar refractivity (Wildman–Crippen MR) is 96.5 cm³/mol. The molecule has 0 radical (unpaired) electrons. The van der Waals surface area contributed by atoms with Crippen LogP contribution in [0.2, 0.25) is 0 Å². The lowest BCUT2D eigenvalue weighted by atomic mass is 10.1. The maximum Gasteiger partial charge on any atom is 0.243 e. The summed E-state index contributed by atoms with van der Waals surface area (Å²) < 4.78 is 32.5. The summed E-state index contributed by atoms with van der Waals surface area (Å²) >= 11 is 0. The summed E-state index contributed by atoms with van der Waals surface area (Å²) in [5.41, 5.74) is 3.55. The first-order valence-electron chi connectivity index (χ1n) is 7.93. The van der Waals surface area contributed by atoms with E-state index in [4.69, 9.17) is 10.00 Å². The maximum absolute atomic E-state index is 13.0. The maximum atomic E-state index is 13.0. The highest BCUT2D eigenvalue weighted by molar-refractivity contribution is 7.89. The topological polar surface area (TPSA) is 70.4 Å². The number of methoxy groups -OCH3 is 1. The summed E-state index contributed by atoms with van der Waals surface area (Å²) in [7, 11) is -2.13. The van der Waals surface area contributed by atoms with Gasteiger partial charge in [-0.2, -0.15) is 9.57 Å². The number of nitriles is 1. The van der Waals surface area contributed by atoms with Gasteiger partial charge in [0.1, 0.15) is 0 Å². The van der Waals surface area contributed by atoms with Crippen LogP contribution >= 0.6 is 0 Å². The molecule has 0 bridgehead atoms. The highest BCUT2D eigenvalue weighted by atomic mass is 32.2. The largest absolute Gasteiger partial charge is 0.383 e. The standard InChI is InChI=1S/C19H22N2O3S/c1-15-10-16(2)12-18(11-15)14-21(8-9-24-3)25(22,23)19-6-4-17(13-20)5-7-19/h4-7,10-12H,8-9,14H2,1-3H3. The van der Waals surface area contributed by atoms with Crippen molar-refractivity contribution in [1.82, 2.24) is 4.31 Å². The number of rotatable bonds is 7. The monoisotopic (exact) mass is 358 g/mol. The first kappa shape index (κ1) is 19.1. The van der Waals surface area contributed by atoms with Crippen LogP contribution in [0.25, 0.3) is 0 Å². The van der Waals surface area contributed by atoms with Gasteiger partial charge in [0.15, 0.2) is 0 Å². The van der Waals surface area contributed by atoms with Crippen LogP contribution in [0.1, 0.15) is 22.3 Å². The fourth-order valence-electron chi connectivity index (χ4n) is 2.69. The zero-order valence-corrected chi connectivity index (χ0v) is 15.5. The van der Waals surface area contributed by atoms with Crippen LogP contribution in [0.3, 0.4) is 0 Å². The second-order valence-electron chi connectivity index (χ2n) is 5.96. The number of sulfonamides is 1. The number of benzene rings is 2. The van der Waals surface area contributed by atoms with Crippen molar-refractivity contribution < 1.29 is 13.2 Å². The van der Waals surface area contributed by atoms with E-state index in [1.165, 1.54) is 28.6 Å². The Bertz CT molecular complexity index is 848. The molecule has 132 valence electrons. The van der Waals surface area contributed by atoms with Gasteiger partial charge in [0.25, 0.3) is 0 Å². The summed E-state index contributed by atoms with van der Waals surface area (Å²) in [6.07, 6.45) is 0. The molecule has 0 atom stereocenters. The molecule has 0 aliphatic rings. The zero-order chi connectivity index (χ0) is 18.4. The molecule has 2 aromatic carbocycles. The van der Waals surface area contributed by atoms with Gasteiger partial charge in [0, 0.05) is 20.2 Å². The minimum atomic E-state index is -3.68. The van der Waals surface area contributed by atoms with E-state index in [1.807, 2.05) is 32.0 Å². The predicted octanol–water partition coefficient (Wildman–Crippen LogP) is 3.01. The summed E-state index contributed by atoms with van der Waals surface area (Å²) in [5.74, 6) is 0. The Morgan fingerprint density at radius 3 is 2.20 bits per heavy atom. The Balaban J connectivity index is 2.35. The number of hydrogen-bond donors (Lipinski definition) is 0. The van der Waals surface area contributed by atoms with Crippen molar-refractivity contribution in [2.75, 3.05) is 20.3 Å². The van der Waals surface area contributed by atoms with E-state index in [9.17, 15) is 8.42 Å². The van der Waals surface area contributed by atoms with Crippen LogP contribution in [0.15, 0.2) is 47.4 Å². The van der Waals surface area contributed by atoms with Crippen LogP contribution in [0.4, 0.5) is 0 Å². The molecule has 5 nitrogen and oxygen atoms in total. The van der Waals surface area contributed by atoms with Crippen molar-refractivity contribution in [3.63, 3.8) is 0 Å². The van der Waals surface area contributed by atoms with E-state index in [1.54, 1.807) is 7.11 Å². The fraction of sp³-hybridized carbons (Fsp3) is 0.316.